The highest BCUT2D eigenvalue weighted by atomic mass is 35.5. The third-order valence-corrected chi connectivity index (χ3v) is 4.18. The van der Waals surface area contributed by atoms with E-state index in [-0.39, 0.29) is 6.61 Å². The lowest BCUT2D eigenvalue weighted by molar-refractivity contribution is 0.279. The number of anilines is 1. The van der Waals surface area contributed by atoms with Gasteiger partial charge in [0.25, 0.3) is 0 Å². The summed E-state index contributed by atoms with van der Waals surface area (Å²) in [6.07, 6.45) is 4.37. The lowest BCUT2D eigenvalue weighted by Crippen LogP contribution is -2.30. The first kappa shape index (κ1) is 14.6. The van der Waals surface area contributed by atoms with Gasteiger partial charge in [-0.15, -0.1) is 0 Å². The van der Waals surface area contributed by atoms with Crippen LogP contribution in [0.3, 0.4) is 0 Å². The van der Waals surface area contributed by atoms with Crippen molar-refractivity contribution in [2.75, 3.05) is 25.1 Å². The van der Waals surface area contributed by atoms with Crippen LogP contribution in [0, 0.1) is 0 Å². The van der Waals surface area contributed by atoms with Crippen molar-refractivity contribution in [3.63, 3.8) is 0 Å². The maximum absolute atomic E-state index is 9.02. The highest BCUT2D eigenvalue weighted by molar-refractivity contribution is 6.31. The summed E-state index contributed by atoms with van der Waals surface area (Å²) >= 11 is 6.33. The average Bonchev–Trinajstić information content (AvgIpc) is 2.87. The molecule has 2 rings (SSSR count). The highest BCUT2D eigenvalue weighted by Gasteiger charge is 2.26. The Morgan fingerprint density at radius 2 is 2.32 bits per heavy atom. The fraction of sp³-hybridized carbons (Fsp3) is 0.600. The highest BCUT2D eigenvalue weighted by Crippen LogP contribution is 2.33. The van der Waals surface area contributed by atoms with Crippen LogP contribution in [0.25, 0.3) is 0 Å². The first-order valence-corrected chi connectivity index (χ1v) is 7.45. The van der Waals surface area contributed by atoms with Gasteiger partial charge in [-0.1, -0.05) is 17.7 Å². The summed E-state index contributed by atoms with van der Waals surface area (Å²) in [6, 6.07) is 6.69. The second-order valence-electron chi connectivity index (χ2n) is 5.12. The summed E-state index contributed by atoms with van der Waals surface area (Å²) < 4.78 is 0. The topological polar surface area (TPSA) is 35.5 Å². The predicted octanol–water partition coefficient (Wildman–Crippen LogP) is 2.80. The van der Waals surface area contributed by atoms with Gasteiger partial charge in [-0.25, -0.2) is 0 Å². The molecule has 1 aliphatic rings. The summed E-state index contributed by atoms with van der Waals surface area (Å²) in [4.78, 5) is 2.47. The van der Waals surface area contributed by atoms with E-state index in [1.165, 1.54) is 24.1 Å². The zero-order valence-corrected chi connectivity index (χ0v) is 12.3. The largest absolute Gasteiger partial charge is 0.396 e. The summed E-state index contributed by atoms with van der Waals surface area (Å²) in [5.74, 6) is 0. The molecule has 0 saturated carbocycles. The Morgan fingerprint density at radius 3 is 3.05 bits per heavy atom. The Bertz CT molecular complexity index is 411. The Hall–Kier alpha value is -0.770. The van der Waals surface area contributed by atoms with Gasteiger partial charge in [0.05, 0.1) is 0 Å². The summed E-state index contributed by atoms with van der Waals surface area (Å²) in [7, 11) is 1.94. The van der Waals surface area contributed by atoms with Crippen molar-refractivity contribution in [3.05, 3.63) is 28.8 Å². The maximum atomic E-state index is 9.02. The quantitative estimate of drug-likeness (QED) is 0.842. The number of halogens is 1. The number of hydrogen-bond donors (Lipinski definition) is 2. The van der Waals surface area contributed by atoms with Crippen LogP contribution in [-0.2, 0) is 6.54 Å². The lowest BCUT2D eigenvalue weighted by atomic mass is 10.1. The minimum absolute atomic E-state index is 0.281. The van der Waals surface area contributed by atoms with Gasteiger partial charge >= 0.3 is 0 Å². The number of nitrogens with one attached hydrogen (secondary N) is 1. The van der Waals surface area contributed by atoms with Gasteiger partial charge in [-0.2, -0.15) is 0 Å². The molecule has 106 valence electrons. The third-order valence-electron chi connectivity index (χ3n) is 3.83. The molecule has 4 heteroatoms. The molecule has 1 atom stereocenters. The van der Waals surface area contributed by atoms with Crippen LogP contribution >= 0.6 is 11.6 Å². The molecule has 0 bridgehead atoms. The normalized spacial score (nSPS) is 19.1. The molecule has 1 unspecified atom stereocenters. The van der Waals surface area contributed by atoms with Crippen molar-refractivity contribution < 1.29 is 5.11 Å². The van der Waals surface area contributed by atoms with Crippen molar-refractivity contribution >= 4 is 17.3 Å². The maximum Gasteiger partial charge on any atom is 0.0471 e. The molecule has 0 aliphatic carbocycles. The van der Waals surface area contributed by atoms with Crippen molar-refractivity contribution in [1.82, 2.24) is 5.32 Å². The standard InChI is InChI=1S/C15H23ClN2O/c1-17-11-13-14(16)7-2-8-15(13)18-9-3-5-12(18)6-4-10-19/h2,7-8,12,17,19H,3-6,9-11H2,1H3. The second-order valence-corrected chi connectivity index (χ2v) is 5.53. The fourth-order valence-electron chi connectivity index (χ4n) is 2.95. The van der Waals surface area contributed by atoms with E-state index in [1.807, 2.05) is 19.2 Å². The number of benzene rings is 1. The zero-order chi connectivity index (χ0) is 13.7. The van der Waals surface area contributed by atoms with Gasteiger partial charge in [0, 0.05) is 42.0 Å². The van der Waals surface area contributed by atoms with Crippen LogP contribution in [0.5, 0.6) is 0 Å². The smallest absolute Gasteiger partial charge is 0.0471 e. The van der Waals surface area contributed by atoms with Gasteiger partial charge in [0.2, 0.25) is 0 Å². The molecule has 1 heterocycles. The molecular weight excluding hydrogens is 260 g/mol. The Balaban J connectivity index is 2.22. The number of nitrogens with zero attached hydrogens (tertiary/aromatic N) is 1. The summed E-state index contributed by atoms with van der Waals surface area (Å²) in [6.45, 7) is 2.16. The molecule has 0 spiro atoms. The molecule has 3 nitrogen and oxygen atoms in total. The SMILES string of the molecule is CNCc1c(Cl)cccc1N1CCCC1CCCO. The molecule has 1 saturated heterocycles. The van der Waals surface area contributed by atoms with Crippen molar-refractivity contribution in [1.29, 1.82) is 0 Å². The van der Waals surface area contributed by atoms with Crippen molar-refractivity contribution in [3.8, 4) is 0 Å². The number of aliphatic hydroxyl groups is 1. The van der Waals surface area contributed by atoms with E-state index >= 15 is 0 Å². The second kappa shape index (κ2) is 7.13. The van der Waals surface area contributed by atoms with Crippen molar-refractivity contribution in [2.45, 2.75) is 38.3 Å². The van der Waals surface area contributed by atoms with Crippen LogP contribution < -0.4 is 10.2 Å². The van der Waals surface area contributed by atoms with Gasteiger partial charge in [-0.05, 0) is 44.9 Å². The van der Waals surface area contributed by atoms with Crippen LogP contribution in [0.2, 0.25) is 5.02 Å². The average molecular weight is 283 g/mol. The molecule has 19 heavy (non-hydrogen) atoms. The molecule has 1 aromatic rings. The number of rotatable bonds is 6. The molecule has 1 aromatic carbocycles. The van der Waals surface area contributed by atoms with Gasteiger partial charge in [-0.3, -0.25) is 0 Å². The molecule has 1 fully saturated rings. The third kappa shape index (κ3) is 3.41. The summed E-state index contributed by atoms with van der Waals surface area (Å²) in [5, 5.41) is 13.0. The fourth-order valence-corrected chi connectivity index (χ4v) is 3.18. The molecule has 2 N–H and O–H groups in total. The molecule has 0 radical (unpaired) electrons. The molecular formula is C15H23ClN2O. The van der Waals surface area contributed by atoms with E-state index in [0.717, 1.165) is 31.0 Å². The van der Waals surface area contributed by atoms with E-state index in [0.29, 0.717) is 6.04 Å². The zero-order valence-electron chi connectivity index (χ0n) is 11.5. The van der Waals surface area contributed by atoms with Crippen LogP contribution in [-0.4, -0.2) is 31.3 Å². The van der Waals surface area contributed by atoms with Crippen LogP contribution in [0.4, 0.5) is 5.69 Å². The van der Waals surface area contributed by atoms with E-state index in [2.05, 4.69) is 16.3 Å². The lowest BCUT2D eigenvalue weighted by Gasteiger charge is -2.29. The van der Waals surface area contributed by atoms with Crippen LogP contribution in [0.15, 0.2) is 18.2 Å². The Labute approximate surface area is 120 Å². The van der Waals surface area contributed by atoms with E-state index < -0.39 is 0 Å². The molecule has 0 aromatic heterocycles. The van der Waals surface area contributed by atoms with Crippen molar-refractivity contribution in [2.24, 2.45) is 0 Å². The molecule has 0 amide bonds. The van der Waals surface area contributed by atoms with E-state index in [1.54, 1.807) is 0 Å². The molecule has 1 aliphatic heterocycles. The van der Waals surface area contributed by atoms with E-state index in [4.69, 9.17) is 16.7 Å². The predicted molar refractivity (Wildman–Crippen MR) is 80.9 cm³/mol. The van der Waals surface area contributed by atoms with Gasteiger partial charge in [0.15, 0.2) is 0 Å². The van der Waals surface area contributed by atoms with E-state index in [9.17, 15) is 0 Å². The Kier molecular flexibility index (Phi) is 5.49. The first-order valence-electron chi connectivity index (χ1n) is 7.07. The minimum Gasteiger partial charge on any atom is -0.396 e. The minimum atomic E-state index is 0.281. The van der Waals surface area contributed by atoms with Gasteiger partial charge in [0.1, 0.15) is 0 Å². The monoisotopic (exact) mass is 282 g/mol. The first-order chi connectivity index (χ1) is 9.27. The Morgan fingerprint density at radius 1 is 1.47 bits per heavy atom. The van der Waals surface area contributed by atoms with Gasteiger partial charge < -0.3 is 15.3 Å². The number of hydrogen-bond acceptors (Lipinski definition) is 3. The summed E-state index contributed by atoms with van der Waals surface area (Å²) in [5.41, 5.74) is 2.44. The number of aliphatic hydroxyl groups excluding tert-OH is 1. The van der Waals surface area contributed by atoms with Crippen LogP contribution in [0.1, 0.15) is 31.2 Å².